The first-order chi connectivity index (χ1) is 9.13. The van der Waals surface area contributed by atoms with Crippen molar-refractivity contribution in [3.05, 3.63) is 52.7 Å². The van der Waals surface area contributed by atoms with Crippen molar-refractivity contribution < 1.29 is 9.21 Å². The van der Waals surface area contributed by atoms with E-state index in [1.54, 1.807) is 18.3 Å². The molecule has 2 aromatic rings. The second kappa shape index (κ2) is 6.38. The van der Waals surface area contributed by atoms with Crippen LogP contribution in [0.3, 0.4) is 0 Å². The quantitative estimate of drug-likeness (QED) is 0.914. The molecule has 0 saturated heterocycles. The molecule has 1 aromatic carbocycles. The van der Waals surface area contributed by atoms with E-state index in [1.165, 1.54) is 0 Å². The molecule has 1 N–H and O–H groups in total. The SMILES string of the molecule is Cc1cnc(CCNC(=O)Cc2ccc(Cl)cc2)o1. The van der Waals surface area contributed by atoms with Crippen molar-refractivity contribution in [2.24, 2.45) is 0 Å². The van der Waals surface area contributed by atoms with Crippen molar-refractivity contribution in [1.82, 2.24) is 10.3 Å². The van der Waals surface area contributed by atoms with Gasteiger partial charge in [0.25, 0.3) is 0 Å². The van der Waals surface area contributed by atoms with E-state index >= 15 is 0 Å². The van der Waals surface area contributed by atoms with Crippen LogP contribution in [-0.2, 0) is 17.6 Å². The Morgan fingerprint density at radius 2 is 2.11 bits per heavy atom. The Labute approximate surface area is 116 Å². The second-order valence-corrected chi connectivity index (χ2v) is 4.70. The van der Waals surface area contributed by atoms with Gasteiger partial charge in [-0.15, -0.1) is 0 Å². The largest absolute Gasteiger partial charge is 0.446 e. The summed E-state index contributed by atoms with van der Waals surface area (Å²) in [4.78, 5) is 15.8. The first-order valence-corrected chi connectivity index (χ1v) is 6.44. The molecule has 100 valence electrons. The number of nitrogens with zero attached hydrogens (tertiary/aromatic N) is 1. The van der Waals surface area contributed by atoms with E-state index in [4.69, 9.17) is 16.0 Å². The first kappa shape index (κ1) is 13.6. The predicted molar refractivity (Wildman–Crippen MR) is 73.1 cm³/mol. The van der Waals surface area contributed by atoms with E-state index in [0.29, 0.717) is 30.3 Å². The fourth-order valence-electron chi connectivity index (χ4n) is 1.68. The molecular weight excluding hydrogens is 264 g/mol. The molecule has 0 spiro atoms. The van der Waals surface area contributed by atoms with Crippen molar-refractivity contribution in [2.45, 2.75) is 19.8 Å². The number of carbonyl (C=O) groups is 1. The predicted octanol–water partition coefficient (Wildman–Crippen LogP) is 2.54. The molecule has 2 rings (SSSR count). The lowest BCUT2D eigenvalue weighted by molar-refractivity contribution is -0.120. The van der Waals surface area contributed by atoms with Crippen molar-refractivity contribution in [2.75, 3.05) is 6.54 Å². The van der Waals surface area contributed by atoms with Gasteiger partial charge in [-0.05, 0) is 24.6 Å². The van der Waals surface area contributed by atoms with Crippen LogP contribution in [0.25, 0.3) is 0 Å². The number of aromatic nitrogens is 1. The maximum Gasteiger partial charge on any atom is 0.224 e. The summed E-state index contributed by atoms with van der Waals surface area (Å²) in [6.45, 7) is 2.36. The maximum absolute atomic E-state index is 11.7. The highest BCUT2D eigenvalue weighted by atomic mass is 35.5. The standard InChI is InChI=1S/C14H15ClN2O2/c1-10-9-17-14(19-10)6-7-16-13(18)8-11-2-4-12(15)5-3-11/h2-5,9H,6-8H2,1H3,(H,16,18). The number of nitrogens with one attached hydrogen (secondary N) is 1. The molecule has 0 aliphatic heterocycles. The Balaban J connectivity index is 1.74. The Morgan fingerprint density at radius 1 is 1.37 bits per heavy atom. The molecule has 1 heterocycles. The average molecular weight is 279 g/mol. The number of hydrogen-bond acceptors (Lipinski definition) is 3. The van der Waals surface area contributed by atoms with E-state index in [1.807, 2.05) is 19.1 Å². The van der Waals surface area contributed by atoms with Gasteiger partial charge >= 0.3 is 0 Å². The molecule has 0 saturated carbocycles. The minimum Gasteiger partial charge on any atom is -0.446 e. The van der Waals surface area contributed by atoms with Gasteiger partial charge in [0.15, 0.2) is 5.89 Å². The third-order valence-electron chi connectivity index (χ3n) is 2.61. The number of oxazole rings is 1. The summed E-state index contributed by atoms with van der Waals surface area (Å²) in [5, 5.41) is 3.50. The molecule has 1 amide bonds. The number of amides is 1. The van der Waals surface area contributed by atoms with Gasteiger partial charge in [0.1, 0.15) is 5.76 Å². The lowest BCUT2D eigenvalue weighted by Crippen LogP contribution is -2.27. The van der Waals surface area contributed by atoms with Gasteiger partial charge in [0, 0.05) is 18.0 Å². The number of hydrogen-bond donors (Lipinski definition) is 1. The summed E-state index contributed by atoms with van der Waals surface area (Å²) < 4.78 is 5.32. The van der Waals surface area contributed by atoms with Gasteiger partial charge in [-0.1, -0.05) is 23.7 Å². The van der Waals surface area contributed by atoms with E-state index in [-0.39, 0.29) is 5.91 Å². The summed E-state index contributed by atoms with van der Waals surface area (Å²) in [6, 6.07) is 7.25. The summed E-state index contributed by atoms with van der Waals surface area (Å²) in [5.41, 5.74) is 0.939. The van der Waals surface area contributed by atoms with Gasteiger partial charge in [0.05, 0.1) is 12.6 Å². The third kappa shape index (κ3) is 4.41. The number of benzene rings is 1. The average Bonchev–Trinajstić information content (AvgIpc) is 2.78. The fraction of sp³-hybridized carbons (Fsp3) is 0.286. The van der Waals surface area contributed by atoms with Crippen LogP contribution >= 0.6 is 11.6 Å². The normalized spacial score (nSPS) is 10.4. The van der Waals surface area contributed by atoms with Gasteiger partial charge in [-0.2, -0.15) is 0 Å². The fourth-order valence-corrected chi connectivity index (χ4v) is 1.80. The van der Waals surface area contributed by atoms with E-state index in [0.717, 1.165) is 11.3 Å². The minimum absolute atomic E-state index is 0.0226. The number of halogens is 1. The van der Waals surface area contributed by atoms with Crippen LogP contribution in [0.5, 0.6) is 0 Å². The van der Waals surface area contributed by atoms with Gasteiger partial charge in [-0.3, -0.25) is 4.79 Å². The van der Waals surface area contributed by atoms with Crippen LogP contribution in [0.4, 0.5) is 0 Å². The molecule has 0 radical (unpaired) electrons. The highest BCUT2D eigenvalue weighted by molar-refractivity contribution is 6.30. The monoisotopic (exact) mass is 278 g/mol. The Bertz CT molecular complexity index is 549. The van der Waals surface area contributed by atoms with E-state index in [9.17, 15) is 4.79 Å². The van der Waals surface area contributed by atoms with Crippen molar-refractivity contribution >= 4 is 17.5 Å². The molecule has 5 heteroatoms. The summed E-state index contributed by atoms with van der Waals surface area (Å²) in [5.74, 6) is 1.40. The topological polar surface area (TPSA) is 55.1 Å². The zero-order valence-corrected chi connectivity index (χ0v) is 11.4. The van der Waals surface area contributed by atoms with Crippen LogP contribution in [0.15, 0.2) is 34.9 Å². The summed E-state index contributed by atoms with van der Waals surface area (Å²) in [6.07, 6.45) is 2.62. The Hall–Kier alpha value is -1.81. The molecule has 19 heavy (non-hydrogen) atoms. The van der Waals surface area contributed by atoms with E-state index in [2.05, 4.69) is 10.3 Å². The first-order valence-electron chi connectivity index (χ1n) is 6.06. The zero-order chi connectivity index (χ0) is 13.7. The number of carbonyl (C=O) groups excluding carboxylic acids is 1. The maximum atomic E-state index is 11.7. The Kier molecular flexibility index (Phi) is 4.58. The molecule has 0 atom stereocenters. The summed E-state index contributed by atoms with van der Waals surface area (Å²) >= 11 is 5.78. The molecule has 1 aromatic heterocycles. The molecule has 0 aliphatic rings. The van der Waals surface area contributed by atoms with Crippen LogP contribution in [-0.4, -0.2) is 17.4 Å². The van der Waals surface area contributed by atoms with Gasteiger partial charge in [0.2, 0.25) is 5.91 Å². The minimum atomic E-state index is -0.0226. The van der Waals surface area contributed by atoms with Crippen molar-refractivity contribution in [3.63, 3.8) is 0 Å². The molecule has 4 nitrogen and oxygen atoms in total. The van der Waals surface area contributed by atoms with E-state index < -0.39 is 0 Å². The molecular formula is C14H15ClN2O2. The number of rotatable bonds is 5. The molecule has 0 bridgehead atoms. The van der Waals surface area contributed by atoms with Crippen molar-refractivity contribution in [1.29, 1.82) is 0 Å². The molecule has 0 unspecified atom stereocenters. The zero-order valence-electron chi connectivity index (χ0n) is 10.6. The smallest absolute Gasteiger partial charge is 0.224 e. The van der Waals surface area contributed by atoms with Crippen molar-refractivity contribution in [3.8, 4) is 0 Å². The molecule has 0 aliphatic carbocycles. The lowest BCUT2D eigenvalue weighted by atomic mass is 10.1. The summed E-state index contributed by atoms with van der Waals surface area (Å²) in [7, 11) is 0. The lowest BCUT2D eigenvalue weighted by Gasteiger charge is -2.04. The van der Waals surface area contributed by atoms with Crippen LogP contribution < -0.4 is 5.32 Å². The van der Waals surface area contributed by atoms with Crippen LogP contribution in [0.1, 0.15) is 17.2 Å². The van der Waals surface area contributed by atoms with Crippen LogP contribution in [0.2, 0.25) is 5.02 Å². The number of aryl methyl sites for hydroxylation is 1. The Morgan fingerprint density at radius 3 is 2.74 bits per heavy atom. The highest BCUT2D eigenvalue weighted by Crippen LogP contribution is 2.09. The van der Waals surface area contributed by atoms with Gasteiger partial charge < -0.3 is 9.73 Å². The van der Waals surface area contributed by atoms with Crippen LogP contribution in [0, 0.1) is 6.92 Å². The molecule has 0 fully saturated rings. The third-order valence-corrected chi connectivity index (χ3v) is 2.86. The highest BCUT2D eigenvalue weighted by Gasteiger charge is 2.05. The van der Waals surface area contributed by atoms with Gasteiger partial charge in [-0.25, -0.2) is 4.98 Å². The second-order valence-electron chi connectivity index (χ2n) is 4.27.